The number of aromatic hydroxyl groups is 1. The van der Waals surface area contributed by atoms with Crippen molar-refractivity contribution in [2.24, 2.45) is 0 Å². The van der Waals surface area contributed by atoms with Crippen LogP contribution in [0.1, 0.15) is 16.9 Å². The van der Waals surface area contributed by atoms with Gasteiger partial charge in [-0.3, -0.25) is 0 Å². The van der Waals surface area contributed by atoms with Crippen LogP contribution < -0.4 is 15.9 Å². The van der Waals surface area contributed by atoms with Crippen molar-refractivity contribution in [3.8, 4) is 5.75 Å². The van der Waals surface area contributed by atoms with Crippen molar-refractivity contribution in [1.82, 2.24) is 0 Å². The van der Waals surface area contributed by atoms with Gasteiger partial charge in [0.2, 0.25) is 0 Å². The number of benzene rings is 4. The van der Waals surface area contributed by atoms with E-state index in [4.69, 9.17) is 0 Å². The summed E-state index contributed by atoms with van der Waals surface area (Å²) in [6.07, 6.45) is 0. The molecule has 0 aliphatic carbocycles. The summed E-state index contributed by atoms with van der Waals surface area (Å²) in [5, 5.41) is 15.7. The lowest BCUT2D eigenvalue weighted by Crippen LogP contribution is -2.25. The first-order chi connectivity index (χ1) is 14.6. The van der Waals surface area contributed by atoms with Crippen LogP contribution in [0.25, 0.3) is 0 Å². The van der Waals surface area contributed by atoms with Gasteiger partial charge < -0.3 is 15.0 Å². The van der Waals surface area contributed by atoms with Crippen LogP contribution in [0.15, 0.2) is 109 Å². The van der Waals surface area contributed by atoms with Gasteiger partial charge in [0.15, 0.2) is 7.14 Å². The van der Waals surface area contributed by atoms with Crippen LogP contribution in [-0.2, 0) is 4.57 Å². The van der Waals surface area contributed by atoms with Crippen molar-refractivity contribution in [3.63, 3.8) is 0 Å². The SMILES string of the molecule is Cc1ccc(N[C@H](c2ccccc2O)P(=O)(c2ccccc2)c2ccccc2)cc1. The number of hydrogen-bond donors (Lipinski definition) is 2. The molecule has 0 bridgehead atoms. The third-order valence-corrected chi connectivity index (χ3v) is 8.49. The van der Waals surface area contributed by atoms with Gasteiger partial charge in [-0.15, -0.1) is 0 Å². The first-order valence-corrected chi connectivity index (χ1v) is 11.7. The largest absolute Gasteiger partial charge is 0.508 e. The quantitative estimate of drug-likeness (QED) is 0.391. The summed E-state index contributed by atoms with van der Waals surface area (Å²) in [5.74, 6) is -0.514. The number of aryl methyl sites for hydroxylation is 1. The van der Waals surface area contributed by atoms with Crippen LogP contribution in [0, 0.1) is 6.92 Å². The van der Waals surface area contributed by atoms with Crippen LogP contribution in [0.2, 0.25) is 0 Å². The van der Waals surface area contributed by atoms with E-state index in [1.54, 1.807) is 12.1 Å². The zero-order valence-electron chi connectivity index (χ0n) is 16.8. The molecule has 30 heavy (non-hydrogen) atoms. The normalized spacial score (nSPS) is 12.3. The molecule has 0 saturated carbocycles. The van der Waals surface area contributed by atoms with Gasteiger partial charge in [0.05, 0.1) is 0 Å². The molecule has 1 atom stereocenters. The lowest BCUT2D eigenvalue weighted by atomic mass is 10.2. The van der Waals surface area contributed by atoms with Crippen molar-refractivity contribution in [3.05, 3.63) is 120 Å². The number of rotatable bonds is 6. The summed E-state index contributed by atoms with van der Waals surface area (Å²) in [6.45, 7) is 2.03. The third kappa shape index (κ3) is 3.90. The van der Waals surface area contributed by atoms with Gasteiger partial charge in [-0.05, 0) is 25.1 Å². The average molecular weight is 413 g/mol. The first-order valence-electron chi connectivity index (χ1n) is 9.91. The molecule has 0 aliphatic rings. The summed E-state index contributed by atoms with van der Waals surface area (Å²) in [4.78, 5) is 0. The number of anilines is 1. The van der Waals surface area contributed by atoms with E-state index in [1.807, 2.05) is 104 Å². The summed E-state index contributed by atoms with van der Waals surface area (Å²) in [6, 6.07) is 34.1. The summed E-state index contributed by atoms with van der Waals surface area (Å²) < 4.78 is 15.0. The molecule has 0 saturated heterocycles. The second-order valence-electron chi connectivity index (χ2n) is 7.30. The van der Waals surface area contributed by atoms with Gasteiger partial charge >= 0.3 is 0 Å². The topological polar surface area (TPSA) is 49.3 Å². The maximum Gasteiger partial charge on any atom is 0.168 e. The molecule has 4 heteroatoms. The van der Waals surface area contributed by atoms with E-state index in [0.29, 0.717) is 5.56 Å². The molecule has 0 amide bonds. The summed E-state index contributed by atoms with van der Waals surface area (Å²) in [7, 11) is -3.23. The molecule has 0 radical (unpaired) electrons. The smallest absolute Gasteiger partial charge is 0.168 e. The maximum atomic E-state index is 15.0. The van der Waals surface area contributed by atoms with Crippen LogP contribution in [0.3, 0.4) is 0 Å². The van der Waals surface area contributed by atoms with Crippen LogP contribution in [0.5, 0.6) is 5.75 Å². The minimum Gasteiger partial charge on any atom is -0.508 e. The fourth-order valence-electron chi connectivity index (χ4n) is 3.64. The monoisotopic (exact) mass is 413 g/mol. The molecule has 0 unspecified atom stereocenters. The Bertz CT molecular complexity index is 1120. The minimum atomic E-state index is -3.23. The minimum absolute atomic E-state index is 0.120. The van der Waals surface area contributed by atoms with Gasteiger partial charge in [0.25, 0.3) is 0 Å². The second kappa shape index (κ2) is 8.61. The highest BCUT2D eigenvalue weighted by molar-refractivity contribution is 7.79. The third-order valence-electron chi connectivity index (χ3n) is 5.23. The van der Waals surface area contributed by atoms with Crippen molar-refractivity contribution in [1.29, 1.82) is 0 Å². The van der Waals surface area contributed by atoms with E-state index in [9.17, 15) is 9.67 Å². The zero-order chi connectivity index (χ0) is 21.0. The van der Waals surface area contributed by atoms with Crippen molar-refractivity contribution in [2.75, 3.05) is 5.32 Å². The Balaban J connectivity index is 1.95. The number of hydrogen-bond acceptors (Lipinski definition) is 3. The standard InChI is InChI=1S/C26H24NO2P/c1-20-16-18-21(19-17-20)27-26(24-14-8-9-15-25(24)28)30(29,22-10-4-2-5-11-22)23-12-6-3-7-13-23/h2-19,26-28H,1H3/t26-/m0/s1. The molecule has 4 aromatic rings. The van der Waals surface area contributed by atoms with Crippen molar-refractivity contribution in [2.45, 2.75) is 12.7 Å². The Hall–Kier alpha value is -3.29. The van der Waals surface area contributed by atoms with Crippen LogP contribution in [-0.4, -0.2) is 5.11 Å². The predicted octanol–water partition coefficient (Wildman–Crippen LogP) is 5.83. The molecule has 150 valence electrons. The highest BCUT2D eigenvalue weighted by atomic mass is 31.2. The molecule has 0 spiro atoms. The van der Waals surface area contributed by atoms with Crippen molar-refractivity contribution < 1.29 is 9.67 Å². The molecule has 4 aromatic carbocycles. The number of phenolic OH excluding ortho intramolecular Hbond substituents is 1. The average Bonchev–Trinajstić information content (AvgIpc) is 2.80. The van der Waals surface area contributed by atoms with E-state index in [2.05, 4.69) is 5.32 Å². The first kappa shape index (κ1) is 20.0. The maximum absolute atomic E-state index is 15.0. The highest BCUT2D eigenvalue weighted by Gasteiger charge is 2.39. The molecule has 4 rings (SSSR count). The predicted molar refractivity (Wildman–Crippen MR) is 125 cm³/mol. The Morgan fingerprint density at radius 2 is 1.20 bits per heavy atom. The Morgan fingerprint density at radius 1 is 0.700 bits per heavy atom. The molecule has 0 aromatic heterocycles. The lowest BCUT2D eigenvalue weighted by Gasteiger charge is -2.31. The number of phenols is 1. The van der Waals surface area contributed by atoms with Gasteiger partial charge in [-0.1, -0.05) is 96.6 Å². The fourth-order valence-corrected chi connectivity index (χ4v) is 6.70. The number of para-hydroxylation sites is 1. The van der Waals surface area contributed by atoms with Crippen LogP contribution >= 0.6 is 7.14 Å². The van der Waals surface area contributed by atoms with E-state index >= 15 is 0 Å². The Kier molecular flexibility index (Phi) is 5.74. The molecule has 0 aliphatic heterocycles. The second-order valence-corrected chi connectivity index (χ2v) is 10.2. The summed E-state index contributed by atoms with van der Waals surface area (Å²) >= 11 is 0. The van der Waals surface area contributed by atoms with E-state index < -0.39 is 12.9 Å². The lowest BCUT2D eigenvalue weighted by molar-refractivity contribution is 0.467. The van der Waals surface area contributed by atoms with Gasteiger partial charge in [0.1, 0.15) is 11.5 Å². The molecular formula is C26H24NO2P. The van der Waals surface area contributed by atoms with Crippen molar-refractivity contribution >= 4 is 23.4 Å². The fraction of sp³-hybridized carbons (Fsp3) is 0.0769. The molecule has 0 fully saturated rings. The Morgan fingerprint density at radius 3 is 1.73 bits per heavy atom. The molecular weight excluding hydrogens is 389 g/mol. The van der Waals surface area contributed by atoms with Gasteiger partial charge in [-0.2, -0.15) is 0 Å². The van der Waals surface area contributed by atoms with Gasteiger partial charge in [-0.25, -0.2) is 0 Å². The molecule has 2 N–H and O–H groups in total. The molecule has 0 heterocycles. The molecule has 3 nitrogen and oxygen atoms in total. The Labute approximate surface area is 177 Å². The summed E-state index contributed by atoms with van der Waals surface area (Å²) in [5.41, 5.74) is 2.60. The van der Waals surface area contributed by atoms with E-state index in [-0.39, 0.29) is 5.75 Å². The highest BCUT2D eigenvalue weighted by Crippen LogP contribution is 2.58. The van der Waals surface area contributed by atoms with Gasteiger partial charge in [0, 0.05) is 21.9 Å². The van der Waals surface area contributed by atoms with Crippen LogP contribution in [0.4, 0.5) is 5.69 Å². The van der Waals surface area contributed by atoms with E-state index in [1.165, 1.54) is 0 Å². The van der Waals surface area contributed by atoms with E-state index in [0.717, 1.165) is 21.9 Å². The number of nitrogens with one attached hydrogen (secondary N) is 1. The zero-order valence-corrected chi connectivity index (χ0v) is 17.7.